The molecule has 28 heavy (non-hydrogen) atoms. The zero-order chi connectivity index (χ0) is 20.3. The van der Waals surface area contributed by atoms with Crippen LogP contribution in [0.2, 0.25) is 0 Å². The van der Waals surface area contributed by atoms with E-state index in [0.29, 0.717) is 18.9 Å². The lowest BCUT2D eigenvalue weighted by Crippen LogP contribution is -2.06. The second kappa shape index (κ2) is 8.39. The Morgan fingerprint density at radius 1 is 0.750 bits per heavy atom. The second-order valence-corrected chi connectivity index (χ2v) is 7.67. The van der Waals surface area contributed by atoms with Crippen molar-refractivity contribution in [2.75, 3.05) is 5.32 Å². The van der Waals surface area contributed by atoms with Gasteiger partial charge in [-0.2, -0.15) is 0 Å². The molecule has 3 nitrogen and oxygen atoms in total. The Morgan fingerprint density at radius 3 is 2.04 bits per heavy atom. The molecule has 0 radical (unpaired) electrons. The third kappa shape index (κ3) is 4.66. The van der Waals surface area contributed by atoms with E-state index in [2.05, 4.69) is 62.5 Å². The van der Waals surface area contributed by atoms with Crippen LogP contribution in [0.25, 0.3) is 0 Å². The van der Waals surface area contributed by atoms with Gasteiger partial charge in [-0.25, -0.2) is 0 Å². The van der Waals surface area contributed by atoms with Gasteiger partial charge in [-0.15, -0.1) is 0 Å². The average molecular weight is 376 g/mol. The molecule has 3 rings (SSSR count). The highest BCUT2D eigenvalue weighted by molar-refractivity contribution is 5.49. The first-order valence-electron chi connectivity index (χ1n) is 9.66. The van der Waals surface area contributed by atoms with Gasteiger partial charge in [0.15, 0.2) is 0 Å². The van der Waals surface area contributed by atoms with E-state index in [1.165, 1.54) is 11.1 Å². The molecule has 146 valence electrons. The maximum absolute atomic E-state index is 10.4. The van der Waals surface area contributed by atoms with Gasteiger partial charge < -0.3 is 15.2 Å². The molecule has 0 spiro atoms. The normalized spacial score (nSPS) is 10.8. The van der Waals surface area contributed by atoms with Crippen LogP contribution in [0, 0.1) is 34.6 Å². The van der Waals surface area contributed by atoms with Crippen molar-refractivity contribution < 1.29 is 9.84 Å². The Balaban J connectivity index is 1.81. The van der Waals surface area contributed by atoms with Crippen LogP contribution in [0.1, 0.15) is 38.9 Å². The zero-order valence-electron chi connectivity index (χ0n) is 17.4. The fraction of sp³-hybridized carbons (Fsp3) is 0.280. The molecule has 0 atom stereocenters. The van der Waals surface area contributed by atoms with E-state index in [4.69, 9.17) is 4.74 Å². The van der Waals surface area contributed by atoms with E-state index in [0.717, 1.165) is 39.3 Å². The molecule has 0 fully saturated rings. The third-order valence-electron chi connectivity index (χ3n) is 4.93. The second-order valence-electron chi connectivity index (χ2n) is 7.67. The summed E-state index contributed by atoms with van der Waals surface area (Å²) in [5, 5.41) is 13.8. The number of phenolic OH excluding ortho intramolecular Hbond substituents is 1. The van der Waals surface area contributed by atoms with E-state index in [-0.39, 0.29) is 0 Å². The molecule has 2 N–H and O–H groups in total. The topological polar surface area (TPSA) is 41.5 Å². The van der Waals surface area contributed by atoms with Crippen LogP contribution in [0.4, 0.5) is 5.69 Å². The van der Waals surface area contributed by atoms with Crippen LogP contribution in [-0.4, -0.2) is 5.11 Å². The molecule has 3 aromatic carbocycles. The van der Waals surface area contributed by atoms with E-state index in [1.807, 2.05) is 26.0 Å². The van der Waals surface area contributed by atoms with E-state index in [9.17, 15) is 5.11 Å². The quantitative estimate of drug-likeness (QED) is 0.545. The zero-order valence-corrected chi connectivity index (χ0v) is 17.4. The number of aryl methyl sites for hydroxylation is 5. The molecule has 0 aliphatic carbocycles. The first kappa shape index (κ1) is 19.8. The standard InChI is InChI=1S/C25H29NO2/c1-16-6-8-23(9-7-16)26-14-21-12-18(3)11-20(5)25(21)28-15-22-13-17(2)10-19(4)24(22)27/h6-13,26-27H,14-15H2,1-5H3. The summed E-state index contributed by atoms with van der Waals surface area (Å²) in [6.07, 6.45) is 0. The summed E-state index contributed by atoms with van der Waals surface area (Å²) in [6.45, 7) is 11.2. The van der Waals surface area contributed by atoms with Crippen molar-refractivity contribution in [2.45, 2.75) is 47.8 Å². The van der Waals surface area contributed by atoms with Crippen molar-refractivity contribution in [2.24, 2.45) is 0 Å². The molecule has 3 aromatic rings. The molecule has 0 unspecified atom stereocenters. The van der Waals surface area contributed by atoms with Crippen molar-refractivity contribution in [3.8, 4) is 11.5 Å². The summed E-state index contributed by atoms with van der Waals surface area (Å²) in [4.78, 5) is 0. The van der Waals surface area contributed by atoms with Gasteiger partial charge in [0, 0.05) is 23.4 Å². The number of hydrogen-bond acceptors (Lipinski definition) is 3. The van der Waals surface area contributed by atoms with Crippen LogP contribution in [0.5, 0.6) is 11.5 Å². The minimum atomic E-state index is 0.315. The molecule has 3 heteroatoms. The first-order valence-corrected chi connectivity index (χ1v) is 9.66. The Morgan fingerprint density at radius 2 is 1.36 bits per heavy atom. The number of anilines is 1. The van der Waals surface area contributed by atoms with Crippen molar-refractivity contribution in [3.05, 3.63) is 87.5 Å². The monoisotopic (exact) mass is 375 g/mol. The number of rotatable bonds is 6. The predicted molar refractivity (Wildman–Crippen MR) is 116 cm³/mol. The fourth-order valence-electron chi connectivity index (χ4n) is 3.56. The molecule has 0 bridgehead atoms. The maximum atomic E-state index is 10.4. The first-order chi connectivity index (χ1) is 13.3. The van der Waals surface area contributed by atoms with Crippen molar-refractivity contribution in [1.82, 2.24) is 0 Å². The minimum Gasteiger partial charge on any atom is -0.507 e. The van der Waals surface area contributed by atoms with E-state index < -0.39 is 0 Å². The summed E-state index contributed by atoms with van der Waals surface area (Å²) >= 11 is 0. The molecule has 0 saturated heterocycles. The highest BCUT2D eigenvalue weighted by Gasteiger charge is 2.12. The van der Waals surface area contributed by atoms with Crippen LogP contribution < -0.4 is 10.1 Å². The number of hydrogen-bond donors (Lipinski definition) is 2. The van der Waals surface area contributed by atoms with Crippen molar-refractivity contribution in [1.29, 1.82) is 0 Å². The lowest BCUT2D eigenvalue weighted by Gasteiger charge is -2.17. The number of benzene rings is 3. The smallest absolute Gasteiger partial charge is 0.127 e. The van der Waals surface area contributed by atoms with Gasteiger partial charge >= 0.3 is 0 Å². The van der Waals surface area contributed by atoms with E-state index >= 15 is 0 Å². The summed E-state index contributed by atoms with van der Waals surface area (Å²) in [6, 6.07) is 16.6. The SMILES string of the molecule is Cc1ccc(NCc2cc(C)cc(C)c2OCc2cc(C)cc(C)c2O)cc1. The van der Waals surface area contributed by atoms with Crippen LogP contribution in [0.3, 0.4) is 0 Å². The molecule has 0 amide bonds. The molecular weight excluding hydrogens is 346 g/mol. The fourth-order valence-corrected chi connectivity index (χ4v) is 3.56. The Hall–Kier alpha value is -2.94. The molecule has 0 saturated carbocycles. The van der Waals surface area contributed by atoms with Gasteiger partial charge in [-0.1, -0.05) is 47.0 Å². The van der Waals surface area contributed by atoms with Crippen molar-refractivity contribution >= 4 is 5.69 Å². The van der Waals surface area contributed by atoms with Gasteiger partial charge in [0.1, 0.15) is 18.1 Å². The summed E-state index contributed by atoms with van der Waals surface area (Å²) < 4.78 is 6.21. The number of nitrogens with one attached hydrogen (secondary N) is 1. The van der Waals surface area contributed by atoms with Gasteiger partial charge in [-0.3, -0.25) is 0 Å². The van der Waals surface area contributed by atoms with Gasteiger partial charge in [0.2, 0.25) is 0 Å². The Labute approximate surface area is 168 Å². The lowest BCUT2D eigenvalue weighted by molar-refractivity contribution is 0.294. The number of phenols is 1. The van der Waals surface area contributed by atoms with Crippen LogP contribution in [-0.2, 0) is 13.2 Å². The predicted octanol–water partition coefficient (Wildman–Crippen LogP) is 6.13. The maximum Gasteiger partial charge on any atom is 0.127 e. The summed E-state index contributed by atoms with van der Waals surface area (Å²) in [5.41, 5.74) is 8.56. The summed E-state index contributed by atoms with van der Waals surface area (Å²) in [5.74, 6) is 1.19. The third-order valence-corrected chi connectivity index (χ3v) is 4.93. The summed E-state index contributed by atoms with van der Waals surface area (Å²) in [7, 11) is 0. The molecule has 0 heterocycles. The molecule has 0 aromatic heterocycles. The lowest BCUT2D eigenvalue weighted by atomic mass is 10.0. The molecular formula is C25H29NO2. The largest absolute Gasteiger partial charge is 0.507 e. The van der Waals surface area contributed by atoms with Crippen LogP contribution in [0.15, 0.2) is 48.5 Å². The number of aromatic hydroxyl groups is 1. The Bertz CT molecular complexity index is 975. The Kier molecular flexibility index (Phi) is 5.93. The number of ether oxygens (including phenoxy) is 1. The highest BCUT2D eigenvalue weighted by Crippen LogP contribution is 2.30. The highest BCUT2D eigenvalue weighted by atomic mass is 16.5. The van der Waals surface area contributed by atoms with E-state index in [1.54, 1.807) is 0 Å². The van der Waals surface area contributed by atoms with Crippen molar-refractivity contribution in [3.63, 3.8) is 0 Å². The van der Waals surface area contributed by atoms with Gasteiger partial charge in [0.05, 0.1) is 0 Å². The minimum absolute atomic E-state index is 0.315. The molecule has 0 aliphatic heterocycles. The average Bonchev–Trinajstić information content (AvgIpc) is 2.64. The molecule has 0 aliphatic rings. The van der Waals surface area contributed by atoms with Gasteiger partial charge in [-0.05, 0) is 63.9 Å². The van der Waals surface area contributed by atoms with Crippen LogP contribution >= 0.6 is 0 Å². The van der Waals surface area contributed by atoms with Gasteiger partial charge in [0.25, 0.3) is 0 Å².